The van der Waals surface area contributed by atoms with Crippen molar-refractivity contribution in [3.8, 4) is 5.75 Å². The zero-order chi connectivity index (χ0) is 32.6. The number of nitrogens with zero attached hydrogens (tertiary/aromatic N) is 3. The minimum Gasteiger partial charge on any atom is -0.494 e. The smallest absolute Gasteiger partial charge is 0.273 e. The topological polar surface area (TPSA) is 155 Å². The second kappa shape index (κ2) is 11.7. The van der Waals surface area contributed by atoms with E-state index >= 15 is 0 Å². The lowest BCUT2D eigenvalue weighted by Crippen LogP contribution is -2.35. The Balaban J connectivity index is 1.22. The first-order valence-electron chi connectivity index (χ1n) is 15.7. The van der Waals surface area contributed by atoms with Crippen molar-refractivity contribution in [3.63, 3.8) is 0 Å². The van der Waals surface area contributed by atoms with Gasteiger partial charge in [-0.05, 0) is 74.9 Å². The molecule has 3 aromatic rings. The van der Waals surface area contributed by atoms with Gasteiger partial charge in [0.25, 0.3) is 17.7 Å². The fourth-order valence-electron chi connectivity index (χ4n) is 5.82. The summed E-state index contributed by atoms with van der Waals surface area (Å²) in [5, 5.41) is 18.1. The molecular weight excluding hydrogens is 550 g/mol. The van der Waals surface area contributed by atoms with Crippen LogP contribution < -0.4 is 26.0 Å². The van der Waals surface area contributed by atoms with Gasteiger partial charge in [-0.2, -0.15) is 0 Å². The SMILES string of the molecule is [2H]C([2H])([2H])NC(=O)c1nnc(NC(=O)C2CC2)cc1Nc1cccc(C(=O)Nc2ccc(C(=O)N3C4CCC3CC4)cc2)c1OC. The monoisotopic (exact) mass is 586 g/mol. The number of nitrogens with one attached hydrogen (secondary N) is 4. The third kappa shape index (κ3) is 5.72. The van der Waals surface area contributed by atoms with Gasteiger partial charge in [0.2, 0.25) is 5.91 Å². The first kappa shape index (κ1) is 24.6. The summed E-state index contributed by atoms with van der Waals surface area (Å²) < 4.78 is 27.8. The number of hydrogen-bond donors (Lipinski definition) is 4. The Kier molecular flexibility index (Phi) is 6.69. The van der Waals surface area contributed by atoms with Gasteiger partial charge in [-0.1, -0.05) is 6.07 Å². The molecule has 4 N–H and O–H groups in total. The molecule has 2 bridgehead atoms. The number of methoxy groups -OCH3 is 1. The third-order valence-electron chi connectivity index (χ3n) is 8.13. The number of carbonyl (C=O) groups is 4. The first-order valence-corrected chi connectivity index (χ1v) is 14.2. The second-order valence-electron chi connectivity index (χ2n) is 10.9. The van der Waals surface area contributed by atoms with Crippen molar-refractivity contribution >= 4 is 46.5 Å². The van der Waals surface area contributed by atoms with E-state index in [-0.39, 0.29) is 51.9 Å². The van der Waals surface area contributed by atoms with Crippen LogP contribution in [0.2, 0.25) is 0 Å². The van der Waals surface area contributed by atoms with Gasteiger partial charge < -0.3 is 30.9 Å². The molecule has 2 aromatic carbocycles. The molecule has 1 aromatic heterocycles. The Morgan fingerprint density at radius 3 is 2.26 bits per heavy atom. The fraction of sp³-hybridized carbons (Fsp3) is 0.355. The molecule has 3 fully saturated rings. The van der Waals surface area contributed by atoms with Crippen LogP contribution in [-0.4, -0.2) is 64.9 Å². The van der Waals surface area contributed by atoms with Crippen molar-refractivity contribution in [1.82, 2.24) is 20.4 Å². The van der Waals surface area contributed by atoms with Crippen molar-refractivity contribution < 1.29 is 28.0 Å². The summed E-state index contributed by atoms with van der Waals surface area (Å²) in [6, 6.07) is 13.5. The predicted molar refractivity (Wildman–Crippen MR) is 160 cm³/mol. The van der Waals surface area contributed by atoms with E-state index in [0.717, 1.165) is 38.5 Å². The first-order chi connectivity index (χ1) is 22.0. The molecule has 1 aliphatic carbocycles. The molecule has 0 atom stereocenters. The molecular formula is C31H33N7O5. The van der Waals surface area contributed by atoms with E-state index in [1.54, 1.807) is 42.5 Å². The molecule has 12 heteroatoms. The van der Waals surface area contributed by atoms with Gasteiger partial charge >= 0.3 is 0 Å². The van der Waals surface area contributed by atoms with Gasteiger partial charge in [0, 0.05) is 46.4 Å². The maximum atomic E-state index is 13.4. The number of anilines is 4. The van der Waals surface area contributed by atoms with Gasteiger partial charge in [0.05, 0.1) is 24.0 Å². The Bertz CT molecular complexity index is 1670. The standard InChI is InChI=1S/C31H33N7O5/c1-32-30(41)26-24(16-25(36-37-26)35-28(39)17-6-7-17)34-23-5-3-4-22(27(23)43-2)29(40)33-19-10-8-18(9-11-19)31(42)38-20-12-13-21(38)15-14-20/h3-5,8-11,16-17,20-21H,6-7,12-15H2,1-2H3,(H,32,41)(H,33,40)(H2,34,35,36,39)/i1D3. The summed E-state index contributed by atoms with van der Waals surface area (Å²) >= 11 is 0. The Labute approximate surface area is 252 Å². The number of hydrogen-bond acceptors (Lipinski definition) is 8. The highest BCUT2D eigenvalue weighted by molar-refractivity contribution is 6.08. The number of benzene rings is 2. The van der Waals surface area contributed by atoms with E-state index in [1.165, 1.54) is 13.2 Å². The van der Waals surface area contributed by atoms with E-state index in [0.29, 0.717) is 23.3 Å². The van der Waals surface area contributed by atoms with Gasteiger partial charge in [0.1, 0.15) is 0 Å². The highest BCUT2D eigenvalue weighted by Gasteiger charge is 2.42. The highest BCUT2D eigenvalue weighted by atomic mass is 16.5. The minimum absolute atomic E-state index is 0.0103. The second-order valence-corrected chi connectivity index (χ2v) is 10.9. The highest BCUT2D eigenvalue weighted by Crippen LogP contribution is 2.38. The fourth-order valence-corrected chi connectivity index (χ4v) is 5.82. The number of para-hydroxylation sites is 1. The quantitative estimate of drug-likeness (QED) is 0.294. The molecule has 4 amide bonds. The van der Waals surface area contributed by atoms with Gasteiger partial charge in [-0.3, -0.25) is 19.2 Å². The number of rotatable bonds is 9. The van der Waals surface area contributed by atoms with E-state index in [2.05, 4.69) is 26.1 Å². The van der Waals surface area contributed by atoms with Crippen LogP contribution in [-0.2, 0) is 4.79 Å². The number of aromatic nitrogens is 2. The van der Waals surface area contributed by atoms with E-state index in [4.69, 9.17) is 8.85 Å². The van der Waals surface area contributed by atoms with E-state index < -0.39 is 18.8 Å². The van der Waals surface area contributed by atoms with Crippen molar-refractivity contribution in [1.29, 1.82) is 0 Å². The summed E-state index contributed by atoms with van der Waals surface area (Å²) in [5.41, 5.74) is 1.12. The van der Waals surface area contributed by atoms with Gasteiger partial charge in [0.15, 0.2) is 17.3 Å². The Morgan fingerprint density at radius 1 is 0.884 bits per heavy atom. The number of fused-ring (bicyclic) bond motifs is 2. The zero-order valence-electron chi connectivity index (χ0n) is 26.5. The normalized spacial score (nSPS) is 19.9. The summed E-state index contributed by atoms with van der Waals surface area (Å²) in [4.78, 5) is 53.6. The Morgan fingerprint density at radius 2 is 1.60 bits per heavy atom. The van der Waals surface area contributed by atoms with Gasteiger partial charge in [-0.15, -0.1) is 10.2 Å². The average molecular weight is 587 g/mol. The molecule has 1 saturated carbocycles. The van der Waals surface area contributed by atoms with Crippen molar-refractivity contribution in [3.05, 3.63) is 65.4 Å². The molecule has 2 aliphatic heterocycles. The molecule has 0 unspecified atom stereocenters. The lowest BCUT2D eigenvalue weighted by atomic mass is 10.0. The molecule has 222 valence electrons. The van der Waals surface area contributed by atoms with Crippen molar-refractivity contribution in [2.75, 3.05) is 30.0 Å². The van der Waals surface area contributed by atoms with Crippen LogP contribution in [0.5, 0.6) is 5.75 Å². The summed E-state index contributed by atoms with van der Waals surface area (Å²) in [6.45, 7) is -2.79. The molecule has 3 heterocycles. The summed E-state index contributed by atoms with van der Waals surface area (Å²) in [7, 11) is 1.37. The third-order valence-corrected chi connectivity index (χ3v) is 8.13. The summed E-state index contributed by atoms with van der Waals surface area (Å²) in [6.07, 6.45) is 5.72. The molecule has 43 heavy (non-hydrogen) atoms. The van der Waals surface area contributed by atoms with Crippen LogP contribution in [0.15, 0.2) is 48.5 Å². The minimum atomic E-state index is -2.79. The van der Waals surface area contributed by atoms with Crippen molar-refractivity contribution in [2.24, 2.45) is 5.92 Å². The molecule has 2 saturated heterocycles. The summed E-state index contributed by atoms with van der Waals surface area (Å²) in [5.74, 6) is -1.70. The zero-order valence-corrected chi connectivity index (χ0v) is 23.5. The number of carbonyl (C=O) groups excluding carboxylic acids is 4. The molecule has 12 nitrogen and oxygen atoms in total. The van der Waals surface area contributed by atoms with E-state index in [9.17, 15) is 19.2 Å². The lowest BCUT2D eigenvalue weighted by Gasteiger charge is -2.22. The van der Waals surface area contributed by atoms with Crippen LogP contribution in [0.3, 0.4) is 0 Å². The van der Waals surface area contributed by atoms with Crippen LogP contribution in [0.25, 0.3) is 0 Å². The predicted octanol–water partition coefficient (Wildman–Crippen LogP) is 3.96. The maximum absolute atomic E-state index is 13.4. The average Bonchev–Trinajstić information content (AvgIpc) is 3.70. The largest absolute Gasteiger partial charge is 0.494 e. The Hall–Kier alpha value is -5.00. The van der Waals surface area contributed by atoms with Gasteiger partial charge in [-0.25, -0.2) is 0 Å². The molecule has 3 aliphatic rings. The van der Waals surface area contributed by atoms with Crippen LogP contribution in [0.1, 0.15) is 73.8 Å². The lowest BCUT2D eigenvalue weighted by molar-refractivity contribution is -0.117. The molecule has 0 spiro atoms. The van der Waals surface area contributed by atoms with Crippen LogP contribution >= 0.6 is 0 Å². The molecule has 6 rings (SSSR count). The van der Waals surface area contributed by atoms with E-state index in [1.807, 2.05) is 10.2 Å². The molecule has 0 radical (unpaired) electrons. The van der Waals surface area contributed by atoms with Crippen molar-refractivity contribution in [2.45, 2.75) is 50.6 Å². The maximum Gasteiger partial charge on any atom is 0.273 e. The number of ether oxygens (including phenoxy) is 1. The number of amides is 4. The van der Waals surface area contributed by atoms with Crippen LogP contribution in [0.4, 0.5) is 22.9 Å². The van der Waals surface area contributed by atoms with Crippen LogP contribution in [0, 0.1) is 5.92 Å².